The van der Waals surface area contributed by atoms with E-state index in [4.69, 9.17) is 4.74 Å². The Morgan fingerprint density at radius 1 is 1.08 bits per heavy atom. The SMILES string of the molecule is COc1ccc(/C(C)=N/Nc2nc(-c3ccc(C)cc3)cs2)cc1. The summed E-state index contributed by atoms with van der Waals surface area (Å²) >= 11 is 1.54. The molecule has 0 aliphatic rings. The predicted molar refractivity (Wildman–Crippen MR) is 101 cm³/mol. The maximum atomic E-state index is 5.17. The lowest BCUT2D eigenvalue weighted by molar-refractivity contribution is 0.415. The van der Waals surface area contributed by atoms with Crippen LogP contribution in [0.3, 0.4) is 0 Å². The van der Waals surface area contributed by atoms with Crippen LogP contribution in [0.25, 0.3) is 11.3 Å². The molecule has 0 amide bonds. The summed E-state index contributed by atoms with van der Waals surface area (Å²) in [6, 6.07) is 16.2. The number of aryl methyl sites for hydroxylation is 1. The number of benzene rings is 2. The summed E-state index contributed by atoms with van der Waals surface area (Å²) in [6.07, 6.45) is 0. The van der Waals surface area contributed by atoms with Crippen LogP contribution in [0.2, 0.25) is 0 Å². The molecule has 0 bridgehead atoms. The molecule has 0 radical (unpaired) electrons. The number of hydrogen-bond donors (Lipinski definition) is 1. The Morgan fingerprint density at radius 2 is 1.79 bits per heavy atom. The van der Waals surface area contributed by atoms with Crippen LogP contribution in [-0.2, 0) is 0 Å². The van der Waals surface area contributed by atoms with Gasteiger partial charge in [0.2, 0.25) is 5.13 Å². The van der Waals surface area contributed by atoms with Crippen molar-refractivity contribution in [2.24, 2.45) is 5.10 Å². The van der Waals surface area contributed by atoms with Gasteiger partial charge in [-0.15, -0.1) is 11.3 Å². The maximum Gasteiger partial charge on any atom is 0.203 e. The number of methoxy groups -OCH3 is 1. The third-order valence-corrected chi connectivity index (χ3v) is 4.43. The molecule has 0 unspecified atom stereocenters. The van der Waals surface area contributed by atoms with Gasteiger partial charge in [-0.3, -0.25) is 5.43 Å². The number of ether oxygens (including phenoxy) is 1. The van der Waals surface area contributed by atoms with Crippen molar-refractivity contribution in [3.8, 4) is 17.0 Å². The number of hydrogen-bond acceptors (Lipinski definition) is 5. The quantitative estimate of drug-likeness (QED) is 0.528. The Balaban J connectivity index is 1.70. The standard InChI is InChI=1S/C19H19N3OS/c1-13-4-6-16(7-5-13)18-12-24-19(20-18)22-21-14(2)15-8-10-17(23-3)11-9-15/h4-12H,1-3H3,(H,20,22)/b21-14+. The van der Waals surface area contributed by atoms with Crippen molar-refractivity contribution >= 4 is 22.2 Å². The van der Waals surface area contributed by atoms with E-state index in [0.29, 0.717) is 0 Å². The van der Waals surface area contributed by atoms with Crippen LogP contribution in [-0.4, -0.2) is 17.8 Å². The number of nitrogens with one attached hydrogen (secondary N) is 1. The van der Waals surface area contributed by atoms with E-state index in [1.807, 2.05) is 36.6 Å². The largest absolute Gasteiger partial charge is 0.497 e. The van der Waals surface area contributed by atoms with E-state index < -0.39 is 0 Å². The number of aromatic nitrogens is 1. The minimum atomic E-state index is 0.776. The molecule has 0 aliphatic heterocycles. The second kappa shape index (κ2) is 7.27. The summed E-state index contributed by atoms with van der Waals surface area (Å²) in [5.41, 5.74) is 8.28. The Hall–Kier alpha value is -2.66. The van der Waals surface area contributed by atoms with Gasteiger partial charge in [0, 0.05) is 10.9 Å². The summed E-state index contributed by atoms with van der Waals surface area (Å²) in [5, 5.41) is 7.22. The van der Waals surface area contributed by atoms with E-state index in [0.717, 1.165) is 33.4 Å². The second-order valence-electron chi connectivity index (χ2n) is 5.44. The summed E-state index contributed by atoms with van der Waals surface area (Å²) in [7, 11) is 1.66. The van der Waals surface area contributed by atoms with E-state index in [-0.39, 0.29) is 0 Å². The first kappa shape index (κ1) is 16.2. The lowest BCUT2D eigenvalue weighted by atomic mass is 10.1. The second-order valence-corrected chi connectivity index (χ2v) is 6.30. The molecular formula is C19H19N3OS. The van der Waals surface area contributed by atoms with Crippen molar-refractivity contribution in [2.45, 2.75) is 13.8 Å². The fraction of sp³-hybridized carbons (Fsp3) is 0.158. The zero-order chi connectivity index (χ0) is 16.9. The normalized spacial score (nSPS) is 11.4. The Bertz CT molecular complexity index is 836. The van der Waals surface area contributed by atoms with Gasteiger partial charge in [0.05, 0.1) is 18.5 Å². The molecule has 0 atom stereocenters. The zero-order valence-corrected chi connectivity index (χ0v) is 14.7. The van der Waals surface area contributed by atoms with Crippen LogP contribution in [0.1, 0.15) is 18.1 Å². The van der Waals surface area contributed by atoms with E-state index in [1.54, 1.807) is 18.4 Å². The number of hydrazone groups is 1. The first-order valence-corrected chi connectivity index (χ1v) is 8.51. The highest BCUT2D eigenvalue weighted by molar-refractivity contribution is 7.14. The Labute approximate surface area is 145 Å². The summed E-state index contributed by atoms with van der Waals surface area (Å²) in [5.74, 6) is 0.835. The molecule has 4 nitrogen and oxygen atoms in total. The van der Waals surface area contributed by atoms with Crippen molar-refractivity contribution in [3.63, 3.8) is 0 Å². The van der Waals surface area contributed by atoms with Crippen LogP contribution in [0.15, 0.2) is 59.0 Å². The molecule has 1 heterocycles. The predicted octanol–water partition coefficient (Wildman–Crippen LogP) is 4.96. The van der Waals surface area contributed by atoms with Gasteiger partial charge in [-0.1, -0.05) is 29.8 Å². The van der Waals surface area contributed by atoms with Gasteiger partial charge < -0.3 is 4.74 Å². The van der Waals surface area contributed by atoms with Crippen molar-refractivity contribution in [3.05, 3.63) is 65.0 Å². The van der Waals surface area contributed by atoms with Gasteiger partial charge in [-0.05, 0) is 43.7 Å². The molecule has 122 valence electrons. The third kappa shape index (κ3) is 3.81. The first-order chi connectivity index (χ1) is 11.7. The fourth-order valence-electron chi connectivity index (χ4n) is 2.21. The number of nitrogens with zero attached hydrogens (tertiary/aromatic N) is 2. The van der Waals surface area contributed by atoms with Gasteiger partial charge in [0.25, 0.3) is 0 Å². The first-order valence-electron chi connectivity index (χ1n) is 7.63. The molecule has 0 saturated carbocycles. The summed E-state index contributed by atoms with van der Waals surface area (Å²) in [4.78, 5) is 4.58. The highest BCUT2D eigenvalue weighted by Crippen LogP contribution is 2.25. The van der Waals surface area contributed by atoms with Crippen LogP contribution in [0.5, 0.6) is 5.75 Å². The molecule has 0 fully saturated rings. The van der Waals surface area contributed by atoms with Gasteiger partial charge in [-0.25, -0.2) is 4.98 Å². The van der Waals surface area contributed by atoms with Crippen LogP contribution in [0.4, 0.5) is 5.13 Å². The molecule has 3 rings (SSSR count). The van der Waals surface area contributed by atoms with Crippen LogP contribution >= 0.6 is 11.3 Å². The lowest BCUT2D eigenvalue weighted by Crippen LogP contribution is -1.99. The van der Waals surface area contributed by atoms with Gasteiger partial charge in [0.1, 0.15) is 5.75 Å². The molecule has 5 heteroatoms. The van der Waals surface area contributed by atoms with E-state index in [2.05, 4.69) is 46.7 Å². The zero-order valence-electron chi connectivity index (χ0n) is 13.9. The monoisotopic (exact) mass is 337 g/mol. The lowest BCUT2D eigenvalue weighted by Gasteiger charge is -2.03. The highest BCUT2D eigenvalue weighted by Gasteiger charge is 2.04. The Morgan fingerprint density at radius 3 is 2.46 bits per heavy atom. The maximum absolute atomic E-state index is 5.17. The van der Waals surface area contributed by atoms with Crippen molar-refractivity contribution < 1.29 is 4.74 Å². The average molecular weight is 337 g/mol. The molecule has 0 aliphatic carbocycles. The van der Waals surface area contributed by atoms with Gasteiger partial charge >= 0.3 is 0 Å². The van der Waals surface area contributed by atoms with Crippen molar-refractivity contribution in [1.29, 1.82) is 0 Å². The van der Waals surface area contributed by atoms with Gasteiger partial charge in [-0.2, -0.15) is 5.10 Å². The van der Waals surface area contributed by atoms with E-state index in [9.17, 15) is 0 Å². The average Bonchev–Trinajstić information content (AvgIpc) is 3.09. The molecule has 0 spiro atoms. The summed E-state index contributed by atoms with van der Waals surface area (Å²) < 4.78 is 5.17. The molecule has 1 N–H and O–H groups in total. The molecule has 0 saturated heterocycles. The topological polar surface area (TPSA) is 46.5 Å². The smallest absolute Gasteiger partial charge is 0.203 e. The summed E-state index contributed by atoms with van der Waals surface area (Å²) in [6.45, 7) is 4.04. The number of rotatable bonds is 5. The Kier molecular flexibility index (Phi) is 4.91. The molecule has 3 aromatic rings. The van der Waals surface area contributed by atoms with Gasteiger partial charge in [0.15, 0.2) is 0 Å². The molecule has 1 aromatic heterocycles. The minimum absolute atomic E-state index is 0.776. The van der Waals surface area contributed by atoms with E-state index >= 15 is 0 Å². The number of thiazole rings is 1. The minimum Gasteiger partial charge on any atom is -0.497 e. The van der Waals surface area contributed by atoms with Crippen LogP contribution in [0, 0.1) is 6.92 Å². The highest BCUT2D eigenvalue weighted by atomic mass is 32.1. The van der Waals surface area contributed by atoms with E-state index in [1.165, 1.54) is 5.56 Å². The molecule has 2 aromatic carbocycles. The fourth-order valence-corrected chi connectivity index (χ4v) is 2.87. The number of anilines is 1. The van der Waals surface area contributed by atoms with Crippen LogP contribution < -0.4 is 10.2 Å². The van der Waals surface area contributed by atoms with Crippen molar-refractivity contribution in [2.75, 3.05) is 12.5 Å². The molecular weight excluding hydrogens is 318 g/mol. The van der Waals surface area contributed by atoms with Crippen molar-refractivity contribution in [1.82, 2.24) is 4.98 Å². The third-order valence-electron chi connectivity index (χ3n) is 3.68. The molecule has 24 heavy (non-hydrogen) atoms.